The Bertz CT molecular complexity index is 771. The Morgan fingerprint density at radius 1 is 1.15 bits per heavy atom. The number of nitrogens with one attached hydrogen (secondary N) is 1. The number of ether oxygens (including phenoxy) is 2. The zero-order valence-electron chi connectivity index (χ0n) is 14.6. The van der Waals surface area contributed by atoms with Crippen LogP contribution in [0.15, 0.2) is 42.5 Å². The highest BCUT2D eigenvalue weighted by Gasteiger charge is 2.35. The van der Waals surface area contributed by atoms with E-state index in [0.717, 1.165) is 24.5 Å². The maximum Gasteiger partial charge on any atom is 0.251 e. The lowest BCUT2D eigenvalue weighted by Gasteiger charge is -2.38. The smallest absolute Gasteiger partial charge is 0.251 e. The summed E-state index contributed by atoms with van der Waals surface area (Å²) in [5.41, 5.74) is 0.861. The zero-order chi connectivity index (χ0) is 18.6. The van der Waals surface area contributed by atoms with Crippen molar-refractivity contribution in [2.24, 2.45) is 0 Å². The van der Waals surface area contributed by atoms with Gasteiger partial charge in [-0.3, -0.25) is 4.79 Å². The zero-order valence-corrected chi connectivity index (χ0v) is 14.6. The first-order chi connectivity index (χ1) is 12.5. The lowest BCUT2D eigenvalue weighted by atomic mass is 9.74. The predicted octanol–water partition coefficient (Wildman–Crippen LogP) is 3.45. The molecule has 6 heteroatoms. The fraction of sp³-hybridized carbons (Fsp3) is 0.350. The molecule has 0 atom stereocenters. The topological polar surface area (TPSA) is 47.6 Å². The van der Waals surface area contributed by atoms with Gasteiger partial charge in [-0.15, -0.1) is 0 Å². The number of hydrogen-bond donors (Lipinski definition) is 1. The summed E-state index contributed by atoms with van der Waals surface area (Å²) in [6, 6.07) is 10.4. The molecule has 3 rings (SSSR count). The number of amides is 1. The second kappa shape index (κ2) is 7.83. The molecular formula is C20H21F2NO3. The molecule has 0 bridgehead atoms. The van der Waals surface area contributed by atoms with Gasteiger partial charge in [0.1, 0.15) is 5.82 Å². The maximum absolute atomic E-state index is 13.8. The number of halogens is 2. The summed E-state index contributed by atoms with van der Waals surface area (Å²) in [5, 5.41) is 2.89. The molecule has 1 amide bonds. The largest absolute Gasteiger partial charge is 0.494 e. The van der Waals surface area contributed by atoms with Gasteiger partial charge in [-0.1, -0.05) is 12.1 Å². The minimum Gasteiger partial charge on any atom is -0.494 e. The van der Waals surface area contributed by atoms with Gasteiger partial charge in [0, 0.05) is 30.7 Å². The average Bonchev–Trinajstić information content (AvgIpc) is 2.67. The highest BCUT2D eigenvalue weighted by Crippen LogP contribution is 2.34. The molecule has 138 valence electrons. The Morgan fingerprint density at radius 3 is 2.46 bits per heavy atom. The number of benzene rings is 2. The second-order valence-electron chi connectivity index (χ2n) is 6.43. The Balaban J connectivity index is 1.76. The highest BCUT2D eigenvalue weighted by molar-refractivity contribution is 5.94. The van der Waals surface area contributed by atoms with E-state index in [1.807, 2.05) is 0 Å². The normalized spacial score (nSPS) is 16.1. The minimum absolute atomic E-state index is 0.0914. The molecule has 0 saturated carbocycles. The molecule has 0 radical (unpaired) electrons. The van der Waals surface area contributed by atoms with Gasteiger partial charge in [0.25, 0.3) is 5.91 Å². The SMILES string of the molecule is COc1ccc(C(=O)NCC2(c3ccc(F)cc3)CCOCC2)cc1F. The monoisotopic (exact) mass is 361 g/mol. The molecule has 0 unspecified atom stereocenters. The van der Waals surface area contributed by atoms with Crippen LogP contribution in [0.3, 0.4) is 0 Å². The van der Waals surface area contributed by atoms with Crippen molar-refractivity contribution in [2.75, 3.05) is 26.9 Å². The Morgan fingerprint density at radius 2 is 1.85 bits per heavy atom. The van der Waals surface area contributed by atoms with Crippen LogP contribution in [0.5, 0.6) is 5.75 Å². The van der Waals surface area contributed by atoms with Gasteiger partial charge in [0.2, 0.25) is 0 Å². The van der Waals surface area contributed by atoms with Crippen molar-refractivity contribution in [1.29, 1.82) is 0 Å². The third-order valence-corrected chi connectivity index (χ3v) is 4.91. The molecule has 2 aromatic rings. The van der Waals surface area contributed by atoms with Gasteiger partial charge in [0.05, 0.1) is 7.11 Å². The van der Waals surface area contributed by atoms with E-state index >= 15 is 0 Å². The molecule has 1 fully saturated rings. The third-order valence-electron chi connectivity index (χ3n) is 4.91. The molecule has 1 heterocycles. The molecule has 4 nitrogen and oxygen atoms in total. The van der Waals surface area contributed by atoms with Crippen molar-refractivity contribution in [3.05, 3.63) is 65.2 Å². The Kier molecular flexibility index (Phi) is 5.52. The lowest BCUT2D eigenvalue weighted by molar-refractivity contribution is 0.0487. The van der Waals surface area contributed by atoms with Crippen LogP contribution in [0.2, 0.25) is 0 Å². The fourth-order valence-corrected chi connectivity index (χ4v) is 3.29. The first-order valence-electron chi connectivity index (χ1n) is 8.50. The second-order valence-corrected chi connectivity index (χ2v) is 6.43. The van der Waals surface area contributed by atoms with Gasteiger partial charge in [-0.25, -0.2) is 8.78 Å². The molecule has 0 aliphatic carbocycles. The molecular weight excluding hydrogens is 340 g/mol. The van der Waals surface area contributed by atoms with Crippen LogP contribution in [0.4, 0.5) is 8.78 Å². The van der Waals surface area contributed by atoms with Crippen LogP contribution in [0, 0.1) is 11.6 Å². The Hall–Kier alpha value is -2.47. The van der Waals surface area contributed by atoms with E-state index in [0.29, 0.717) is 19.8 Å². The van der Waals surface area contributed by atoms with Crippen LogP contribution in [0.25, 0.3) is 0 Å². The van der Waals surface area contributed by atoms with E-state index in [1.54, 1.807) is 12.1 Å². The first-order valence-corrected chi connectivity index (χ1v) is 8.50. The van der Waals surface area contributed by atoms with E-state index in [4.69, 9.17) is 9.47 Å². The van der Waals surface area contributed by atoms with Gasteiger partial charge in [0.15, 0.2) is 11.6 Å². The number of carbonyl (C=O) groups is 1. The van der Waals surface area contributed by atoms with Gasteiger partial charge < -0.3 is 14.8 Å². The van der Waals surface area contributed by atoms with E-state index in [1.165, 1.54) is 31.4 Å². The van der Waals surface area contributed by atoms with Crippen LogP contribution >= 0.6 is 0 Å². The summed E-state index contributed by atoms with van der Waals surface area (Å²) in [5.74, 6) is -1.15. The Labute approximate surface area is 151 Å². The van der Waals surface area contributed by atoms with Gasteiger partial charge in [-0.05, 0) is 48.7 Å². The highest BCUT2D eigenvalue weighted by atomic mass is 19.1. The summed E-state index contributed by atoms with van der Waals surface area (Å²) in [7, 11) is 1.37. The van der Waals surface area contributed by atoms with E-state index in [-0.39, 0.29) is 28.5 Å². The van der Waals surface area contributed by atoms with Gasteiger partial charge in [-0.2, -0.15) is 0 Å². The summed E-state index contributed by atoms with van der Waals surface area (Å²) in [6.45, 7) is 1.52. The average molecular weight is 361 g/mol. The minimum atomic E-state index is -0.584. The van der Waals surface area contributed by atoms with Crippen molar-refractivity contribution in [1.82, 2.24) is 5.32 Å². The van der Waals surface area contributed by atoms with Crippen molar-refractivity contribution in [3.63, 3.8) is 0 Å². The maximum atomic E-state index is 13.8. The van der Waals surface area contributed by atoms with Crippen molar-refractivity contribution in [2.45, 2.75) is 18.3 Å². The van der Waals surface area contributed by atoms with Gasteiger partial charge >= 0.3 is 0 Å². The van der Waals surface area contributed by atoms with Crippen molar-refractivity contribution < 1.29 is 23.0 Å². The molecule has 0 spiro atoms. The summed E-state index contributed by atoms with van der Waals surface area (Å²) in [6.07, 6.45) is 1.44. The lowest BCUT2D eigenvalue weighted by Crippen LogP contribution is -2.44. The number of rotatable bonds is 5. The molecule has 1 aliphatic heterocycles. The van der Waals surface area contributed by atoms with Crippen molar-refractivity contribution >= 4 is 5.91 Å². The van der Waals surface area contributed by atoms with E-state index in [2.05, 4.69) is 5.32 Å². The van der Waals surface area contributed by atoms with E-state index in [9.17, 15) is 13.6 Å². The fourth-order valence-electron chi connectivity index (χ4n) is 3.29. The quantitative estimate of drug-likeness (QED) is 0.887. The van der Waals surface area contributed by atoms with Crippen LogP contribution < -0.4 is 10.1 Å². The summed E-state index contributed by atoms with van der Waals surface area (Å²) in [4.78, 5) is 12.5. The first kappa shape index (κ1) is 18.3. The molecule has 26 heavy (non-hydrogen) atoms. The molecule has 0 aromatic heterocycles. The standard InChI is InChI=1S/C20H21F2NO3/c1-25-18-7-2-14(12-17(18)22)19(24)23-13-20(8-10-26-11-9-20)15-3-5-16(21)6-4-15/h2-7,12H,8-11,13H2,1H3,(H,23,24). The van der Waals surface area contributed by atoms with Crippen molar-refractivity contribution in [3.8, 4) is 5.75 Å². The van der Waals surface area contributed by atoms with Crippen LogP contribution in [0.1, 0.15) is 28.8 Å². The molecule has 1 aliphatic rings. The van der Waals surface area contributed by atoms with Crippen LogP contribution in [-0.4, -0.2) is 32.8 Å². The summed E-state index contributed by atoms with van der Waals surface area (Å²) < 4.78 is 37.4. The third kappa shape index (κ3) is 3.85. The van der Waals surface area contributed by atoms with E-state index < -0.39 is 5.82 Å². The number of hydrogen-bond acceptors (Lipinski definition) is 3. The van der Waals surface area contributed by atoms with Crippen LogP contribution in [-0.2, 0) is 10.2 Å². The molecule has 1 N–H and O–H groups in total. The molecule has 1 saturated heterocycles. The summed E-state index contributed by atoms with van der Waals surface area (Å²) >= 11 is 0. The molecule has 2 aromatic carbocycles. The predicted molar refractivity (Wildman–Crippen MR) is 93.4 cm³/mol. The number of carbonyl (C=O) groups excluding carboxylic acids is 1. The number of methoxy groups -OCH3 is 1.